The first-order chi connectivity index (χ1) is 11.9. The highest BCUT2D eigenvalue weighted by atomic mass is 35.5. The van der Waals surface area contributed by atoms with Gasteiger partial charge in [0.05, 0.1) is 11.1 Å². The third kappa shape index (κ3) is 3.78. The molecule has 2 amide bonds. The second kappa shape index (κ2) is 6.91. The average molecular weight is 354 g/mol. The van der Waals surface area contributed by atoms with E-state index in [0.29, 0.717) is 16.1 Å². The summed E-state index contributed by atoms with van der Waals surface area (Å²) >= 11 is 5.80. The number of hydrazine groups is 1. The maximum atomic E-state index is 12.5. The van der Waals surface area contributed by atoms with E-state index in [1.54, 1.807) is 30.3 Å². The van der Waals surface area contributed by atoms with Crippen molar-refractivity contribution in [3.05, 3.63) is 75.9 Å². The van der Waals surface area contributed by atoms with Crippen LogP contribution >= 0.6 is 11.6 Å². The molecule has 5 nitrogen and oxygen atoms in total. The van der Waals surface area contributed by atoms with Crippen molar-refractivity contribution in [2.75, 3.05) is 0 Å². The lowest BCUT2D eigenvalue weighted by Crippen LogP contribution is -2.41. The van der Waals surface area contributed by atoms with Crippen LogP contribution in [0.25, 0.3) is 10.9 Å². The largest absolute Gasteiger partial charge is 0.270 e. The van der Waals surface area contributed by atoms with Gasteiger partial charge in [0.25, 0.3) is 11.8 Å². The minimum absolute atomic E-state index is 0.399. The van der Waals surface area contributed by atoms with E-state index in [2.05, 4.69) is 15.8 Å². The first kappa shape index (κ1) is 16.9. The van der Waals surface area contributed by atoms with Crippen LogP contribution in [0.4, 0.5) is 0 Å². The summed E-state index contributed by atoms with van der Waals surface area (Å²) in [5, 5.41) is 1.28. The molecule has 0 saturated heterocycles. The summed E-state index contributed by atoms with van der Waals surface area (Å²) < 4.78 is 0. The van der Waals surface area contributed by atoms with Gasteiger partial charge in [-0.2, -0.15) is 0 Å². The van der Waals surface area contributed by atoms with Crippen LogP contribution in [0, 0.1) is 13.8 Å². The van der Waals surface area contributed by atoms with Gasteiger partial charge in [-0.3, -0.25) is 25.4 Å². The summed E-state index contributed by atoms with van der Waals surface area (Å²) in [6, 6.07) is 13.8. The summed E-state index contributed by atoms with van der Waals surface area (Å²) in [7, 11) is 0. The van der Waals surface area contributed by atoms with Crippen molar-refractivity contribution < 1.29 is 9.59 Å². The Kier molecular flexibility index (Phi) is 4.67. The fourth-order valence-electron chi connectivity index (χ4n) is 2.51. The molecule has 2 aromatic carbocycles. The van der Waals surface area contributed by atoms with Crippen LogP contribution in [0.2, 0.25) is 5.02 Å². The lowest BCUT2D eigenvalue weighted by Gasteiger charge is -2.11. The van der Waals surface area contributed by atoms with Gasteiger partial charge in [0, 0.05) is 21.7 Å². The number of carbonyl (C=O) groups excluding carboxylic acids is 2. The summed E-state index contributed by atoms with van der Waals surface area (Å²) in [5.74, 6) is -0.820. The van der Waals surface area contributed by atoms with Crippen LogP contribution in [0.15, 0.2) is 48.5 Å². The van der Waals surface area contributed by atoms with Gasteiger partial charge < -0.3 is 0 Å². The van der Waals surface area contributed by atoms with E-state index in [-0.39, 0.29) is 0 Å². The number of halogens is 1. The monoisotopic (exact) mass is 353 g/mol. The Hall–Kier alpha value is -2.92. The van der Waals surface area contributed by atoms with Crippen molar-refractivity contribution in [1.82, 2.24) is 15.8 Å². The third-order valence-electron chi connectivity index (χ3n) is 3.73. The number of aromatic nitrogens is 1. The molecular formula is C19H16ClN3O2. The molecule has 25 heavy (non-hydrogen) atoms. The zero-order valence-corrected chi connectivity index (χ0v) is 14.5. The third-order valence-corrected chi connectivity index (χ3v) is 3.98. The number of benzene rings is 2. The molecule has 1 heterocycles. The molecule has 0 atom stereocenters. The van der Waals surface area contributed by atoms with E-state index < -0.39 is 11.8 Å². The summed E-state index contributed by atoms with van der Waals surface area (Å²) in [6.45, 7) is 3.77. The number of hydrogen-bond acceptors (Lipinski definition) is 3. The zero-order chi connectivity index (χ0) is 18.0. The molecule has 6 heteroatoms. The van der Waals surface area contributed by atoms with E-state index in [1.165, 1.54) is 0 Å². The van der Waals surface area contributed by atoms with E-state index in [1.807, 2.05) is 32.0 Å². The van der Waals surface area contributed by atoms with Crippen LogP contribution in [0.1, 0.15) is 32.0 Å². The van der Waals surface area contributed by atoms with E-state index in [9.17, 15) is 9.59 Å². The van der Waals surface area contributed by atoms with Crippen molar-refractivity contribution in [2.24, 2.45) is 0 Å². The van der Waals surface area contributed by atoms with Crippen molar-refractivity contribution in [3.63, 3.8) is 0 Å². The normalized spacial score (nSPS) is 10.5. The zero-order valence-electron chi connectivity index (χ0n) is 13.8. The fraction of sp³-hybridized carbons (Fsp3) is 0.105. The van der Waals surface area contributed by atoms with Crippen molar-refractivity contribution in [3.8, 4) is 0 Å². The Morgan fingerprint density at radius 2 is 1.60 bits per heavy atom. The first-order valence-corrected chi connectivity index (χ1v) is 8.06. The number of fused-ring (bicyclic) bond motifs is 1. The van der Waals surface area contributed by atoms with Crippen LogP contribution in [0.3, 0.4) is 0 Å². The smallest absolute Gasteiger partial charge is 0.267 e. The Labute approximate surface area is 150 Å². The van der Waals surface area contributed by atoms with Crippen molar-refractivity contribution >= 4 is 34.3 Å². The van der Waals surface area contributed by atoms with E-state index in [0.717, 1.165) is 22.2 Å². The van der Waals surface area contributed by atoms with Crippen LogP contribution in [0.5, 0.6) is 0 Å². The molecule has 126 valence electrons. The van der Waals surface area contributed by atoms with Crippen LogP contribution < -0.4 is 10.9 Å². The van der Waals surface area contributed by atoms with Gasteiger partial charge >= 0.3 is 0 Å². The number of carbonyl (C=O) groups is 2. The molecule has 1 aromatic heterocycles. The number of nitrogens with zero attached hydrogens (tertiary/aromatic N) is 1. The predicted molar refractivity (Wildman–Crippen MR) is 97.6 cm³/mol. The molecule has 0 unspecified atom stereocenters. The van der Waals surface area contributed by atoms with Gasteiger partial charge in [-0.25, -0.2) is 0 Å². The molecule has 0 fully saturated rings. The number of amides is 2. The Morgan fingerprint density at radius 1 is 0.920 bits per heavy atom. The van der Waals surface area contributed by atoms with E-state index in [4.69, 9.17) is 11.6 Å². The Morgan fingerprint density at radius 3 is 2.32 bits per heavy atom. The van der Waals surface area contributed by atoms with Gasteiger partial charge in [-0.1, -0.05) is 23.2 Å². The Bertz CT molecular complexity index is 968. The lowest BCUT2D eigenvalue weighted by molar-refractivity contribution is 0.0847. The highest BCUT2D eigenvalue weighted by molar-refractivity contribution is 6.30. The van der Waals surface area contributed by atoms with Crippen molar-refractivity contribution in [2.45, 2.75) is 13.8 Å². The molecule has 0 aliphatic rings. The molecule has 3 aromatic rings. The summed E-state index contributed by atoms with van der Waals surface area (Å²) in [5.41, 5.74) is 8.21. The van der Waals surface area contributed by atoms with Gasteiger partial charge in [0.15, 0.2) is 0 Å². The quantitative estimate of drug-likeness (QED) is 0.692. The molecule has 0 spiro atoms. The van der Waals surface area contributed by atoms with Crippen molar-refractivity contribution in [1.29, 1.82) is 0 Å². The predicted octanol–water partition coefficient (Wildman–Crippen LogP) is 3.58. The number of rotatable bonds is 2. The molecule has 0 radical (unpaired) electrons. The summed E-state index contributed by atoms with van der Waals surface area (Å²) in [4.78, 5) is 29.1. The molecule has 2 N–H and O–H groups in total. The maximum Gasteiger partial charge on any atom is 0.270 e. The molecule has 0 bridgehead atoms. The maximum absolute atomic E-state index is 12.5. The standard InChI is InChI=1S/C19H16ClN3O2/c1-11-3-8-17-15(9-11)16(10-12(2)21-17)19(25)23-22-18(24)13-4-6-14(20)7-5-13/h3-10H,1-2H3,(H,22,24)(H,23,25). The van der Waals surface area contributed by atoms with Gasteiger partial charge in [0.2, 0.25) is 0 Å². The van der Waals surface area contributed by atoms with Crippen LogP contribution in [-0.4, -0.2) is 16.8 Å². The number of nitrogens with one attached hydrogen (secondary N) is 2. The minimum atomic E-state index is -0.420. The molecule has 0 aliphatic carbocycles. The first-order valence-electron chi connectivity index (χ1n) is 7.68. The highest BCUT2D eigenvalue weighted by Gasteiger charge is 2.14. The van der Waals surface area contributed by atoms with E-state index >= 15 is 0 Å². The number of pyridine rings is 1. The highest BCUT2D eigenvalue weighted by Crippen LogP contribution is 2.20. The van der Waals surface area contributed by atoms with Gasteiger partial charge in [-0.05, 0) is 56.3 Å². The Balaban J connectivity index is 1.81. The van der Waals surface area contributed by atoms with Gasteiger partial charge in [-0.15, -0.1) is 0 Å². The number of hydrogen-bond donors (Lipinski definition) is 2. The van der Waals surface area contributed by atoms with Crippen LogP contribution in [-0.2, 0) is 0 Å². The second-order valence-corrected chi connectivity index (χ2v) is 6.18. The molecule has 0 aliphatic heterocycles. The topological polar surface area (TPSA) is 71.1 Å². The number of aryl methyl sites for hydroxylation is 2. The average Bonchev–Trinajstić information content (AvgIpc) is 2.59. The molecule has 3 rings (SSSR count). The minimum Gasteiger partial charge on any atom is -0.267 e. The molecule has 0 saturated carbocycles. The van der Waals surface area contributed by atoms with Gasteiger partial charge in [0.1, 0.15) is 0 Å². The SMILES string of the molecule is Cc1ccc2nc(C)cc(C(=O)NNC(=O)c3ccc(Cl)cc3)c2c1. The molecular weight excluding hydrogens is 338 g/mol. The second-order valence-electron chi connectivity index (χ2n) is 5.75. The fourth-order valence-corrected chi connectivity index (χ4v) is 2.64. The lowest BCUT2D eigenvalue weighted by atomic mass is 10.0. The summed E-state index contributed by atoms with van der Waals surface area (Å²) in [6.07, 6.45) is 0.